The molecule has 0 aliphatic rings. The average molecular weight is 406 g/mol. The summed E-state index contributed by atoms with van der Waals surface area (Å²) in [5, 5.41) is 0. The average Bonchev–Trinajstić information content (AvgIpc) is 2.35. The molecule has 0 fully saturated rings. The van der Waals surface area contributed by atoms with E-state index in [4.69, 9.17) is 5.73 Å². The third-order valence-electron chi connectivity index (χ3n) is 2.39. The molecule has 19 heavy (non-hydrogen) atoms. The minimum Gasteiger partial charge on any atom is -0.397 e. The van der Waals surface area contributed by atoms with E-state index in [1.165, 1.54) is 6.07 Å². The number of nitrogen functional groups attached to an aromatic ring is 1. The van der Waals surface area contributed by atoms with Crippen LogP contribution in [0, 0.1) is 0 Å². The van der Waals surface area contributed by atoms with E-state index in [9.17, 15) is 8.42 Å². The molecule has 0 heterocycles. The van der Waals surface area contributed by atoms with E-state index in [1.54, 1.807) is 36.4 Å². The van der Waals surface area contributed by atoms with Crippen molar-refractivity contribution in [3.05, 3.63) is 51.4 Å². The maximum atomic E-state index is 12.3. The molecule has 0 amide bonds. The summed E-state index contributed by atoms with van der Waals surface area (Å²) in [4.78, 5) is 0.144. The van der Waals surface area contributed by atoms with Crippen molar-refractivity contribution in [2.24, 2.45) is 0 Å². The molecule has 0 radical (unpaired) electrons. The summed E-state index contributed by atoms with van der Waals surface area (Å²) >= 11 is 6.48. The van der Waals surface area contributed by atoms with E-state index < -0.39 is 10.0 Å². The summed E-state index contributed by atoms with van der Waals surface area (Å²) in [6.45, 7) is 0. The third kappa shape index (κ3) is 3.29. The second-order valence-electron chi connectivity index (χ2n) is 3.77. The van der Waals surface area contributed by atoms with E-state index in [0.29, 0.717) is 20.3 Å². The Balaban J connectivity index is 2.44. The van der Waals surface area contributed by atoms with Gasteiger partial charge in [-0.05, 0) is 46.3 Å². The highest BCUT2D eigenvalue weighted by Crippen LogP contribution is 2.28. The largest absolute Gasteiger partial charge is 0.397 e. The van der Waals surface area contributed by atoms with Crippen molar-refractivity contribution in [2.45, 2.75) is 4.90 Å². The SMILES string of the molecule is Nc1ccccc1NS(=O)(=O)c1cc(Br)ccc1Br. The molecule has 4 nitrogen and oxygen atoms in total. The lowest BCUT2D eigenvalue weighted by atomic mass is 10.3. The molecule has 0 saturated heterocycles. The lowest BCUT2D eigenvalue weighted by molar-refractivity contribution is 0.600. The molecule has 2 aromatic rings. The predicted molar refractivity (Wildman–Crippen MR) is 83.5 cm³/mol. The van der Waals surface area contributed by atoms with Gasteiger partial charge in [-0.1, -0.05) is 28.1 Å². The summed E-state index contributed by atoms with van der Waals surface area (Å²) in [5.41, 5.74) is 6.45. The predicted octanol–water partition coefficient (Wildman–Crippen LogP) is 3.59. The van der Waals surface area contributed by atoms with Crippen LogP contribution in [-0.4, -0.2) is 8.42 Å². The number of halogens is 2. The number of nitrogens with two attached hydrogens (primary N) is 1. The number of hydrogen-bond donors (Lipinski definition) is 2. The standard InChI is InChI=1S/C12H10Br2N2O2S/c13-8-5-6-9(14)12(7-8)19(17,18)16-11-4-2-1-3-10(11)15/h1-7,16H,15H2. The fraction of sp³-hybridized carbons (Fsp3) is 0. The first-order valence-corrected chi connectivity index (χ1v) is 8.29. The Bertz CT molecular complexity index is 717. The Morgan fingerprint density at radius 2 is 1.74 bits per heavy atom. The molecular weight excluding hydrogens is 396 g/mol. The van der Waals surface area contributed by atoms with Crippen LogP contribution >= 0.6 is 31.9 Å². The van der Waals surface area contributed by atoms with E-state index in [2.05, 4.69) is 36.6 Å². The molecule has 0 saturated carbocycles. The zero-order chi connectivity index (χ0) is 14.0. The van der Waals surface area contributed by atoms with Crippen LogP contribution in [0.25, 0.3) is 0 Å². The van der Waals surface area contributed by atoms with Gasteiger partial charge in [-0.15, -0.1) is 0 Å². The smallest absolute Gasteiger partial charge is 0.263 e. The van der Waals surface area contributed by atoms with E-state index in [-0.39, 0.29) is 4.90 Å². The molecule has 2 aromatic carbocycles. The van der Waals surface area contributed by atoms with Crippen LogP contribution in [0.15, 0.2) is 56.3 Å². The number of hydrogen-bond acceptors (Lipinski definition) is 3. The molecule has 0 aliphatic heterocycles. The Morgan fingerprint density at radius 3 is 2.42 bits per heavy atom. The Morgan fingerprint density at radius 1 is 1.05 bits per heavy atom. The number of benzene rings is 2. The lowest BCUT2D eigenvalue weighted by Gasteiger charge is -2.11. The minimum atomic E-state index is -3.70. The zero-order valence-electron chi connectivity index (χ0n) is 9.60. The van der Waals surface area contributed by atoms with Crippen LogP contribution in [0.2, 0.25) is 0 Å². The van der Waals surface area contributed by atoms with Gasteiger partial charge >= 0.3 is 0 Å². The maximum absolute atomic E-state index is 12.3. The van der Waals surface area contributed by atoms with Crippen LogP contribution in [0.5, 0.6) is 0 Å². The quantitative estimate of drug-likeness (QED) is 0.766. The van der Waals surface area contributed by atoms with Crippen LogP contribution in [0.3, 0.4) is 0 Å². The second-order valence-corrected chi connectivity index (χ2v) is 7.19. The molecule has 100 valence electrons. The van der Waals surface area contributed by atoms with Crippen molar-refractivity contribution >= 4 is 53.3 Å². The summed E-state index contributed by atoms with van der Waals surface area (Å²) in [7, 11) is -3.70. The number of para-hydroxylation sites is 2. The first-order chi connectivity index (χ1) is 8.90. The van der Waals surface area contributed by atoms with Crippen molar-refractivity contribution in [3.63, 3.8) is 0 Å². The molecule has 7 heteroatoms. The Labute approximate surface area is 128 Å². The summed E-state index contributed by atoms with van der Waals surface area (Å²) < 4.78 is 28.2. The fourth-order valence-corrected chi connectivity index (χ4v) is 4.06. The molecule has 2 rings (SSSR count). The molecule has 0 spiro atoms. The molecule has 0 aromatic heterocycles. The summed E-state index contributed by atoms with van der Waals surface area (Å²) in [6.07, 6.45) is 0. The van der Waals surface area contributed by atoms with Crippen LogP contribution in [0.4, 0.5) is 11.4 Å². The monoisotopic (exact) mass is 404 g/mol. The molecule has 0 atom stereocenters. The van der Waals surface area contributed by atoms with Gasteiger partial charge < -0.3 is 5.73 Å². The van der Waals surface area contributed by atoms with Gasteiger partial charge in [0.05, 0.1) is 11.4 Å². The van der Waals surface area contributed by atoms with Crippen molar-refractivity contribution in [2.75, 3.05) is 10.5 Å². The number of rotatable bonds is 3. The maximum Gasteiger partial charge on any atom is 0.263 e. The van der Waals surface area contributed by atoms with E-state index >= 15 is 0 Å². The minimum absolute atomic E-state index is 0.144. The van der Waals surface area contributed by atoms with E-state index in [0.717, 1.165) is 0 Å². The highest BCUT2D eigenvalue weighted by Gasteiger charge is 2.18. The first-order valence-electron chi connectivity index (χ1n) is 5.22. The van der Waals surface area contributed by atoms with Crippen molar-refractivity contribution in [3.8, 4) is 0 Å². The van der Waals surface area contributed by atoms with Gasteiger partial charge in [0.25, 0.3) is 10.0 Å². The molecule has 0 unspecified atom stereocenters. The lowest BCUT2D eigenvalue weighted by Crippen LogP contribution is -2.14. The molecular formula is C12H10Br2N2O2S. The molecule has 3 N–H and O–H groups in total. The van der Waals surface area contributed by atoms with Crippen LogP contribution in [0.1, 0.15) is 0 Å². The fourth-order valence-electron chi connectivity index (χ4n) is 1.47. The molecule has 0 aliphatic carbocycles. The van der Waals surface area contributed by atoms with Crippen molar-refractivity contribution < 1.29 is 8.42 Å². The Hall–Kier alpha value is -1.05. The molecule has 0 bridgehead atoms. The van der Waals surface area contributed by atoms with Crippen LogP contribution < -0.4 is 10.5 Å². The highest BCUT2D eigenvalue weighted by molar-refractivity contribution is 9.11. The number of anilines is 2. The van der Waals surface area contributed by atoms with E-state index in [1.807, 2.05) is 0 Å². The number of nitrogens with one attached hydrogen (secondary N) is 1. The van der Waals surface area contributed by atoms with Gasteiger partial charge in [0.1, 0.15) is 4.90 Å². The summed E-state index contributed by atoms with van der Waals surface area (Å²) in [6, 6.07) is 11.6. The zero-order valence-corrected chi connectivity index (χ0v) is 13.6. The highest BCUT2D eigenvalue weighted by atomic mass is 79.9. The van der Waals surface area contributed by atoms with Gasteiger partial charge in [-0.3, -0.25) is 4.72 Å². The number of sulfonamides is 1. The third-order valence-corrected chi connectivity index (χ3v) is 5.24. The Kier molecular flexibility index (Phi) is 4.17. The topological polar surface area (TPSA) is 72.2 Å². The second kappa shape index (κ2) is 5.52. The first kappa shape index (κ1) is 14.4. The van der Waals surface area contributed by atoms with Gasteiger partial charge in [0.2, 0.25) is 0 Å². The summed E-state index contributed by atoms with van der Waals surface area (Å²) in [5.74, 6) is 0. The van der Waals surface area contributed by atoms with Crippen molar-refractivity contribution in [1.82, 2.24) is 0 Å². The van der Waals surface area contributed by atoms with Gasteiger partial charge in [-0.2, -0.15) is 0 Å². The normalized spacial score (nSPS) is 11.3. The van der Waals surface area contributed by atoms with Crippen LogP contribution in [-0.2, 0) is 10.0 Å². The van der Waals surface area contributed by atoms with Gasteiger partial charge in [-0.25, -0.2) is 8.42 Å². The van der Waals surface area contributed by atoms with Crippen molar-refractivity contribution in [1.29, 1.82) is 0 Å². The van der Waals surface area contributed by atoms with Gasteiger partial charge in [0, 0.05) is 8.95 Å². The van der Waals surface area contributed by atoms with Gasteiger partial charge in [0.15, 0.2) is 0 Å².